The molecule has 0 saturated carbocycles. The number of hydrogen-bond donors (Lipinski definition) is 0. The molecule has 0 saturated heterocycles. The Labute approximate surface area is 173 Å². The Bertz CT molecular complexity index is 1280. The van der Waals surface area contributed by atoms with Crippen molar-refractivity contribution < 1.29 is 13.9 Å². The normalized spacial score (nSPS) is 15.9. The maximum atomic E-state index is 13.4. The van der Waals surface area contributed by atoms with Gasteiger partial charge in [-0.2, -0.15) is 0 Å². The van der Waals surface area contributed by atoms with Gasteiger partial charge >= 0.3 is 5.63 Å². The SMILES string of the molecule is O=C(c1cc2ccccc2oc1=O)N1Cc2ccccc2O[C@@H](c2ccccc2)C1. The first-order valence-electron chi connectivity index (χ1n) is 9.81. The maximum Gasteiger partial charge on any atom is 0.349 e. The minimum atomic E-state index is -0.631. The van der Waals surface area contributed by atoms with E-state index in [0.29, 0.717) is 24.1 Å². The lowest BCUT2D eigenvalue weighted by Gasteiger charge is -2.24. The number of ether oxygens (including phenoxy) is 1. The lowest BCUT2D eigenvalue weighted by atomic mass is 10.1. The highest BCUT2D eigenvalue weighted by Gasteiger charge is 2.29. The molecule has 0 radical (unpaired) electrons. The van der Waals surface area contributed by atoms with Crippen molar-refractivity contribution in [1.82, 2.24) is 4.90 Å². The minimum absolute atomic E-state index is 0.0277. The fourth-order valence-corrected chi connectivity index (χ4v) is 3.79. The molecule has 0 aliphatic carbocycles. The third-order valence-corrected chi connectivity index (χ3v) is 5.32. The molecule has 30 heavy (non-hydrogen) atoms. The Morgan fingerprint density at radius 3 is 2.50 bits per heavy atom. The zero-order valence-corrected chi connectivity index (χ0v) is 16.2. The highest BCUT2D eigenvalue weighted by molar-refractivity contribution is 5.96. The second-order valence-corrected chi connectivity index (χ2v) is 7.30. The number of fused-ring (bicyclic) bond motifs is 2. The summed E-state index contributed by atoms with van der Waals surface area (Å²) in [6.45, 7) is 0.675. The third kappa shape index (κ3) is 3.35. The molecule has 3 aromatic carbocycles. The molecule has 1 aliphatic heterocycles. The molecule has 5 heteroatoms. The van der Waals surface area contributed by atoms with Gasteiger partial charge in [0.05, 0.1) is 6.54 Å². The van der Waals surface area contributed by atoms with Crippen molar-refractivity contribution in [3.05, 3.63) is 112 Å². The summed E-state index contributed by atoms with van der Waals surface area (Å²) in [7, 11) is 0. The van der Waals surface area contributed by atoms with Crippen molar-refractivity contribution in [3.63, 3.8) is 0 Å². The maximum absolute atomic E-state index is 13.4. The minimum Gasteiger partial charge on any atom is -0.484 e. The van der Waals surface area contributed by atoms with Crippen LogP contribution in [-0.2, 0) is 6.54 Å². The number of benzene rings is 3. The Morgan fingerprint density at radius 1 is 0.900 bits per heavy atom. The summed E-state index contributed by atoms with van der Waals surface area (Å²) in [5.41, 5.74) is 1.73. The Morgan fingerprint density at radius 2 is 1.63 bits per heavy atom. The monoisotopic (exact) mass is 397 g/mol. The van der Waals surface area contributed by atoms with Gasteiger partial charge in [-0.3, -0.25) is 4.79 Å². The quantitative estimate of drug-likeness (QED) is 0.465. The van der Waals surface area contributed by atoms with Crippen LogP contribution in [-0.4, -0.2) is 17.4 Å². The molecular weight excluding hydrogens is 378 g/mol. The van der Waals surface area contributed by atoms with Crippen LogP contribution in [0.1, 0.15) is 27.6 Å². The number of carbonyl (C=O) groups is 1. The van der Waals surface area contributed by atoms with Crippen molar-refractivity contribution in [2.45, 2.75) is 12.6 Å². The topological polar surface area (TPSA) is 59.8 Å². The summed E-state index contributed by atoms with van der Waals surface area (Å²) in [4.78, 5) is 27.6. The highest BCUT2D eigenvalue weighted by atomic mass is 16.5. The lowest BCUT2D eigenvalue weighted by Crippen LogP contribution is -2.36. The van der Waals surface area contributed by atoms with Crippen LogP contribution in [0.3, 0.4) is 0 Å². The Hall–Kier alpha value is -3.86. The van der Waals surface area contributed by atoms with E-state index in [9.17, 15) is 9.59 Å². The van der Waals surface area contributed by atoms with Crippen molar-refractivity contribution in [3.8, 4) is 5.75 Å². The van der Waals surface area contributed by atoms with Gasteiger partial charge in [-0.25, -0.2) is 4.79 Å². The molecule has 5 rings (SSSR count). The molecule has 1 atom stereocenters. The Kier molecular flexibility index (Phi) is 4.56. The predicted molar refractivity (Wildman–Crippen MR) is 113 cm³/mol. The summed E-state index contributed by atoms with van der Waals surface area (Å²) in [6.07, 6.45) is -0.341. The average molecular weight is 397 g/mol. The van der Waals surface area contributed by atoms with Crippen LogP contribution in [0.5, 0.6) is 5.75 Å². The molecule has 0 bridgehead atoms. The second kappa shape index (κ2) is 7.52. The molecule has 4 aromatic rings. The molecule has 5 nitrogen and oxygen atoms in total. The van der Waals surface area contributed by atoms with Gasteiger partial charge in [0, 0.05) is 17.5 Å². The molecule has 148 valence electrons. The Balaban J connectivity index is 1.56. The van der Waals surface area contributed by atoms with E-state index in [-0.39, 0.29) is 17.6 Å². The first-order valence-corrected chi connectivity index (χ1v) is 9.81. The fraction of sp³-hybridized carbons (Fsp3) is 0.120. The van der Waals surface area contributed by atoms with Crippen LogP contribution in [0.25, 0.3) is 11.0 Å². The highest BCUT2D eigenvalue weighted by Crippen LogP contribution is 2.31. The van der Waals surface area contributed by atoms with Crippen LogP contribution in [0.15, 0.2) is 94.1 Å². The van der Waals surface area contributed by atoms with Crippen molar-refractivity contribution in [2.75, 3.05) is 6.54 Å². The largest absolute Gasteiger partial charge is 0.484 e. The first kappa shape index (κ1) is 18.2. The number of amides is 1. The lowest BCUT2D eigenvalue weighted by molar-refractivity contribution is 0.0673. The summed E-state index contributed by atoms with van der Waals surface area (Å²) < 4.78 is 11.6. The molecule has 1 aromatic heterocycles. The van der Waals surface area contributed by atoms with E-state index in [1.807, 2.05) is 66.7 Å². The molecule has 2 heterocycles. The predicted octanol–water partition coefficient (Wildman–Crippen LogP) is 4.57. The summed E-state index contributed by atoms with van der Waals surface area (Å²) in [5, 5.41) is 0.714. The van der Waals surface area contributed by atoms with E-state index in [4.69, 9.17) is 9.15 Å². The van der Waals surface area contributed by atoms with E-state index < -0.39 is 5.63 Å². The van der Waals surface area contributed by atoms with E-state index in [0.717, 1.165) is 16.9 Å². The van der Waals surface area contributed by atoms with Crippen LogP contribution < -0.4 is 10.4 Å². The van der Waals surface area contributed by atoms with E-state index in [1.54, 1.807) is 23.1 Å². The summed E-state index contributed by atoms with van der Waals surface area (Å²) >= 11 is 0. The molecule has 1 amide bonds. The standard InChI is InChI=1S/C25H19NO4/c27-24(20-14-18-10-4-6-12-21(18)30-25(20)28)26-15-19-11-5-7-13-22(19)29-23(16-26)17-8-2-1-3-9-17/h1-14,23H,15-16H2/t23-/m1/s1. The van der Waals surface area contributed by atoms with Crippen molar-refractivity contribution >= 4 is 16.9 Å². The van der Waals surface area contributed by atoms with Crippen LogP contribution >= 0.6 is 0 Å². The molecular formula is C25H19NO4. The molecule has 1 aliphatic rings. The smallest absolute Gasteiger partial charge is 0.349 e. The van der Waals surface area contributed by atoms with E-state index in [2.05, 4.69) is 0 Å². The van der Waals surface area contributed by atoms with E-state index in [1.165, 1.54) is 0 Å². The number of nitrogens with zero attached hydrogens (tertiary/aromatic N) is 1. The van der Waals surface area contributed by atoms with Gasteiger partial charge in [-0.05, 0) is 23.8 Å². The van der Waals surface area contributed by atoms with Crippen LogP contribution in [0, 0.1) is 0 Å². The van der Waals surface area contributed by atoms with Gasteiger partial charge in [0.15, 0.2) is 0 Å². The molecule has 0 N–H and O–H groups in total. The van der Waals surface area contributed by atoms with Gasteiger partial charge in [0.25, 0.3) is 5.91 Å². The third-order valence-electron chi connectivity index (χ3n) is 5.32. The molecule has 0 fully saturated rings. The van der Waals surface area contributed by atoms with E-state index >= 15 is 0 Å². The zero-order chi connectivity index (χ0) is 20.5. The second-order valence-electron chi connectivity index (χ2n) is 7.30. The number of rotatable bonds is 2. The fourth-order valence-electron chi connectivity index (χ4n) is 3.79. The molecule has 0 spiro atoms. The zero-order valence-electron chi connectivity index (χ0n) is 16.2. The van der Waals surface area contributed by atoms with Gasteiger partial charge in [0.1, 0.15) is 23.0 Å². The van der Waals surface area contributed by atoms with Gasteiger partial charge in [-0.1, -0.05) is 66.7 Å². The van der Waals surface area contributed by atoms with Gasteiger partial charge < -0.3 is 14.1 Å². The first-order chi connectivity index (χ1) is 14.7. The van der Waals surface area contributed by atoms with Crippen LogP contribution in [0.2, 0.25) is 0 Å². The summed E-state index contributed by atoms with van der Waals surface area (Å²) in [6, 6.07) is 26.2. The average Bonchev–Trinajstić information content (AvgIpc) is 2.98. The molecule has 0 unspecified atom stereocenters. The van der Waals surface area contributed by atoms with Crippen LogP contribution in [0.4, 0.5) is 0 Å². The number of hydrogen-bond acceptors (Lipinski definition) is 4. The summed E-state index contributed by atoms with van der Waals surface area (Å²) in [5.74, 6) is 0.378. The van der Waals surface area contributed by atoms with Gasteiger partial charge in [-0.15, -0.1) is 0 Å². The van der Waals surface area contributed by atoms with Crippen molar-refractivity contribution in [1.29, 1.82) is 0 Å². The van der Waals surface area contributed by atoms with Crippen molar-refractivity contribution in [2.24, 2.45) is 0 Å². The van der Waals surface area contributed by atoms with Gasteiger partial charge in [0.2, 0.25) is 0 Å². The number of para-hydroxylation sites is 2. The number of carbonyl (C=O) groups excluding carboxylic acids is 1.